The van der Waals surface area contributed by atoms with Crippen LogP contribution in [0.4, 0.5) is 0 Å². The van der Waals surface area contributed by atoms with Crippen LogP contribution in [0.2, 0.25) is 0 Å². The molecule has 1 aromatic carbocycles. The minimum atomic E-state index is 0.632. The summed E-state index contributed by atoms with van der Waals surface area (Å²) in [5, 5.41) is 8.11. The van der Waals surface area contributed by atoms with Crippen LogP contribution in [0.1, 0.15) is 30.9 Å². The first-order valence-electron chi connectivity index (χ1n) is 5.28. The van der Waals surface area contributed by atoms with E-state index >= 15 is 0 Å². The zero-order valence-electron chi connectivity index (χ0n) is 8.90. The van der Waals surface area contributed by atoms with Gasteiger partial charge in [0.1, 0.15) is 5.84 Å². The van der Waals surface area contributed by atoms with Gasteiger partial charge in [-0.15, -0.1) is 5.10 Å². The van der Waals surface area contributed by atoms with Gasteiger partial charge in [0.15, 0.2) is 0 Å². The van der Waals surface area contributed by atoms with Gasteiger partial charge in [0.25, 0.3) is 0 Å². The van der Waals surface area contributed by atoms with Crippen molar-refractivity contribution in [2.24, 2.45) is 15.9 Å². The minimum absolute atomic E-state index is 0.632. The lowest BCUT2D eigenvalue weighted by Gasteiger charge is -2.12. The van der Waals surface area contributed by atoms with Gasteiger partial charge in [-0.1, -0.05) is 31.2 Å². The SMILES string of the molecule is CCc1ccccc1C1=NN=C(N)CC1. The van der Waals surface area contributed by atoms with Crippen molar-refractivity contribution in [2.45, 2.75) is 26.2 Å². The third kappa shape index (κ3) is 2.06. The van der Waals surface area contributed by atoms with Gasteiger partial charge >= 0.3 is 0 Å². The Kier molecular flexibility index (Phi) is 2.81. The average molecular weight is 201 g/mol. The number of benzene rings is 1. The van der Waals surface area contributed by atoms with E-state index in [1.54, 1.807) is 0 Å². The predicted octanol–water partition coefficient (Wildman–Crippen LogP) is 2.10. The summed E-state index contributed by atoms with van der Waals surface area (Å²) in [4.78, 5) is 0. The van der Waals surface area contributed by atoms with Crippen LogP contribution in [0.25, 0.3) is 0 Å². The molecule has 1 aliphatic rings. The molecule has 0 atom stereocenters. The lowest BCUT2D eigenvalue weighted by Crippen LogP contribution is -2.18. The number of amidine groups is 1. The standard InChI is InChI=1S/C12H15N3/c1-2-9-5-3-4-6-10(9)11-7-8-12(13)15-14-11/h3-6H,2,7-8H2,1H3,(H2,13,15). The molecule has 2 N–H and O–H groups in total. The highest BCUT2D eigenvalue weighted by Gasteiger charge is 2.11. The maximum absolute atomic E-state index is 5.59. The van der Waals surface area contributed by atoms with Crippen LogP contribution in [-0.2, 0) is 6.42 Å². The molecule has 1 aliphatic heterocycles. The van der Waals surface area contributed by atoms with E-state index in [4.69, 9.17) is 5.73 Å². The fraction of sp³-hybridized carbons (Fsp3) is 0.333. The Balaban J connectivity index is 2.37. The maximum Gasteiger partial charge on any atom is 0.122 e. The number of aryl methyl sites for hydroxylation is 1. The Bertz CT molecular complexity index is 419. The molecule has 2 rings (SSSR count). The molecule has 0 spiro atoms. The summed E-state index contributed by atoms with van der Waals surface area (Å²) in [6, 6.07) is 8.34. The van der Waals surface area contributed by atoms with Crippen molar-refractivity contribution >= 4 is 11.5 Å². The van der Waals surface area contributed by atoms with E-state index in [-0.39, 0.29) is 0 Å². The molecular formula is C12H15N3. The first kappa shape index (κ1) is 9.90. The van der Waals surface area contributed by atoms with Crippen molar-refractivity contribution in [1.82, 2.24) is 0 Å². The van der Waals surface area contributed by atoms with Crippen LogP contribution in [0, 0.1) is 0 Å². The Morgan fingerprint density at radius 1 is 1.20 bits per heavy atom. The average Bonchev–Trinajstić information content (AvgIpc) is 2.30. The number of hydrogen-bond acceptors (Lipinski definition) is 3. The number of hydrogen-bond donors (Lipinski definition) is 1. The molecular weight excluding hydrogens is 186 g/mol. The normalized spacial score (nSPS) is 15.8. The molecule has 0 aromatic heterocycles. The Labute approximate surface area is 89.7 Å². The van der Waals surface area contributed by atoms with Crippen LogP contribution in [-0.4, -0.2) is 11.5 Å². The van der Waals surface area contributed by atoms with Gasteiger partial charge < -0.3 is 5.73 Å². The van der Waals surface area contributed by atoms with E-state index in [0.717, 1.165) is 25.0 Å². The quantitative estimate of drug-likeness (QED) is 0.782. The first-order valence-corrected chi connectivity index (χ1v) is 5.28. The molecule has 0 unspecified atom stereocenters. The largest absolute Gasteiger partial charge is 0.386 e. The first-order chi connectivity index (χ1) is 7.31. The molecule has 15 heavy (non-hydrogen) atoms. The summed E-state index contributed by atoms with van der Waals surface area (Å²) in [5.41, 5.74) is 9.19. The maximum atomic E-state index is 5.59. The van der Waals surface area contributed by atoms with Gasteiger partial charge in [-0.2, -0.15) is 5.10 Å². The van der Waals surface area contributed by atoms with Gasteiger partial charge in [0.05, 0.1) is 5.71 Å². The highest BCUT2D eigenvalue weighted by atomic mass is 15.2. The minimum Gasteiger partial charge on any atom is -0.386 e. The van der Waals surface area contributed by atoms with Crippen LogP contribution >= 0.6 is 0 Å². The Morgan fingerprint density at radius 3 is 2.67 bits per heavy atom. The number of nitrogens with zero attached hydrogens (tertiary/aromatic N) is 2. The van der Waals surface area contributed by atoms with Crippen LogP contribution in [0.15, 0.2) is 34.5 Å². The Hall–Kier alpha value is -1.64. The fourth-order valence-corrected chi connectivity index (χ4v) is 1.77. The van der Waals surface area contributed by atoms with Gasteiger partial charge in [0.2, 0.25) is 0 Å². The highest BCUT2D eigenvalue weighted by Crippen LogP contribution is 2.16. The fourth-order valence-electron chi connectivity index (χ4n) is 1.77. The predicted molar refractivity (Wildman–Crippen MR) is 63.2 cm³/mol. The van der Waals surface area contributed by atoms with E-state index in [1.807, 2.05) is 6.07 Å². The third-order valence-corrected chi connectivity index (χ3v) is 2.63. The lowest BCUT2D eigenvalue weighted by atomic mass is 9.98. The molecule has 3 nitrogen and oxygen atoms in total. The van der Waals surface area contributed by atoms with Crippen LogP contribution in [0.3, 0.4) is 0 Å². The zero-order valence-corrected chi connectivity index (χ0v) is 8.90. The second-order valence-corrected chi connectivity index (χ2v) is 3.65. The summed E-state index contributed by atoms with van der Waals surface area (Å²) in [6.45, 7) is 2.15. The van der Waals surface area contributed by atoms with Crippen molar-refractivity contribution in [3.8, 4) is 0 Å². The molecule has 0 radical (unpaired) electrons. The summed E-state index contributed by atoms with van der Waals surface area (Å²) in [7, 11) is 0. The van der Waals surface area contributed by atoms with Gasteiger partial charge in [-0.25, -0.2) is 0 Å². The van der Waals surface area contributed by atoms with Crippen molar-refractivity contribution in [3.63, 3.8) is 0 Å². The summed E-state index contributed by atoms with van der Waals surface area (Å²) in [5.74, 6) is 0.632. The molecule has 0 bridgehead atoms. The summed E-state index contributed by atoms with van der Waals surface area (Å²) in [6.07, 6.45) is 2.73. The molecule has 0 amide bonds. The van der Waals surface area contributed by atoms with E-state index in [0.29, 0.717) is 5.84 Å². The van der Waals surface area contributed by atoms with Gasteiger partial charge in [0, 0.05) is 12.0 Å². The number of rotatable bonds is 2. The zero-order chi connectivity index (χ0) is 10.7. The van der Waals surface area contributed by atoms with E-state index in [9.17, 15) is 0 Å². The van der Waals surface area contributed by atoms with Crippen molar-refractivity contribution in [2.75, 3.05) is 0 Å². The number of nitrogens with two attached hydrogens (primary N) is 1. The van der Waals surface area contributed by atoms with Gasteiger partial charge in [-0.05, 0) is 18.4 Å². The van der Waals surface area contributed by atoms with Crippen LogP contribution in [0.5, 0.6) is 0 Å². The van der Waals surface area contributed by atoms with E-state index in [1.165, 1.54) is 11.1 Å². The second kappa shape index (κ2) is 4.26. The molecule has 1 heterocycles. The lowest BCUT2D eigenvalue weighted by molar-refractivity contribution is 1.01. The highest BCUT2D eigenvalue weighted by molar-refractivity contribution is 6.05. The van der Waals surface area contributed by atoms with E-state index in [2.05, 4.69) is 35.3 Å². The van der Waals surface area contributed by atoms with Crippen molar-refractivity contribution in [1.29, 1.82) is 0 Å². The second-order valence-electron chi connectivity index (χ2n) is 3.65. The summed E-state index contributed by atoms with van der Waals surface area (Å²) >= 11 is 0. The van der Waals surface area contributed by atoms with E-state index < -0.39 is 0 Å². The molecule has 0 fully saturated rings. The van der Waals surface area contributed by atoms with Crippen molar-refractivity contribution < 1.29 is 0 Å². The smallest absolute Gasteiger partial charge is 0.122 e. The Morgan fingerprint density at radius 2 is 2.00 bits per heavy atom. The molecule has 1 aromatic rings. The molecule has 0 saturated carbocycles. The van der Waals surface area contributed by atoms with Crippen LogP contribution < -0.4 is 5.73 Å². The van der Waals surface area contributed by atoms with Gasteiger partial charge in [-0.3, -0.25) is 0 Å². The molecule has 0 saturated heterocycles. The molecule has 78 valence electrons. The third-order valence-electron chi connectivity index (χ3n) is 2.63. The monoisotopic (exact) mass is 201 g/mol. The van der Waals surface area contributed by atoms with Crippen molar-refractivity contribution in [3.05, 3.63) is 35.4 Å². The molecule has 3 heteroatoms. The summed E-state index contributed by atoms with van der Waals surface area (Å²) < 4.78 is 0. The molecule has 0 aliphatic carbocycles. The topological polar surface area (TPSA) is 50.7 Å².